The van der Waals surface area contributed by atoms with Crippen LogP contribution >= 0.6 is 0 Å². The van der Waals surface area contributed by atoms with Crippen LogP contribution in [0.4, 0.5) is 23.7 Å². The van der Waals surface area contributed by atoms with Crippen LogP contribution in [0.15, 0.2) is 54.6 Å². The quantitative estimate of drug-likeness (QED) is 0.508. The number of benzene rings is 2. The predicted octanol–water partition coefficient (Wildman–Crippen LogP) is 4.89. The lowest BCUT2D eigenvalue weighted by molar-refractivity contribution is -0.274. The second kappa shape index (κ2) is 7.95. The molecule has 0 atom stereocenters. The minimum Gasteiger partial charge on any atom is -0.496 e. The summed E-state index contributed by atoms with van der Waals surface area (Å²) in [6.07, 6.45) is -4.84. The van der Waals surface area contributed by atoms with Gasteiger partial charge in [-0.1, -0.05) is 6.07 Å². The summed E-state index contributed by atoms with van der Waals surface area (Å²) in [4.78, 5) is 33.2. The van der Waals surface area contributed by atoms with Gasteiger partial charge in [-0.3, -0.25) is 9.78 Å². The number of pyridine rings is 1. The first kappa shape index (κ1) is 22.4. The van der Waals surface area contributed by atoms with Gasteiger partial charge >= 0.3 is 12.4 Å². The van der Waals surface area contributed by atoms with Gasteiger partial charge in [0, 0.05) is 5.39 Å². The van der Waals surface area contributed by atoms with E-state index < -0.39 is 29.6 Å². The molecule has 7 nitrogen and oxygen atoms in total. The topological polar surface area (TPSA) is 72.0 Å². The van der Waals surface area contributed by atoms with Gasteiger partial charge in [0.1, 0.15) is 17.0 Å². The van der Waals surface area contributed by atoms with E-state index in [4.69, 9.17) is 4.74 Å². The number of carbonyl (C=O) groups excluding carboxylic acids is 2. The molecule has 172 valence electrons. The average molecular weight is 459 g/mol. The summed E-state index contributed by atoms with van der Waals surface area (Å²) in [7, 11) is 1.57. The van der Waals surface area contributed by atoms with E-state index in [1.807, 2.05) is 18.2 Å². The minimum absolute atomic E-state index is 0.0660. The number of amides is 3. The van der Waals surface area contributed by atoms with Crippen molar-refractivity contribution in [3.63, 3.8) is 0 Å². The normalized spacial score (nSPS) is 15.9. The molecular formula is C23H20F3N3O4. The number of ether oxygens (including phenoxy) is 2. The molecule has 0 N–H and O–H groups in total. The van der Waals surface area contributed by atoms with Crippen molar-refractivity contribution in [2.75, 3.05) is 12.0 Å². The van der Waals surface area contributed by atoms with E-state index in [1.54, 1.807) is 33.1 Å². The smallest absolute Gasteiger partial charge is 0.496 e. The number of methoxy groups -OCH3 is 1. The van der Waals surface area contributed by atoms with Crippen molar-refractivity contribution in [1.82, 2.24) is 9.88 Å². The number of fused-ring (bicyclic) bond motifs is 1. The lowest BCUT2D eigenvalue weighted by Gasteiger charge is -2.27. The van der Waals surface area contributed by atoms with Gasteiger partial charge in [0.05, 0.1) is 30.6 Å². The Bertz CT molecular complexity index is 1230. The molecule has 1 aliphatic rings. The molecule has 33 heavy (non-hydrogen) atoms. The monoisotopic (exact) mass is 459 g/mol. The van der Waals surface area contributed by atoms with Gasteiger partial charge < -0.3 is 14.4 Å². The second-order valence-electron chi connectivity index (χ2n) is 7.94. The van der Waals surface area contributed by atoms with Crippen LogP contribution in [0.3, 0.4) is 0 Å². The van der Waals surface area contributed by atoms with Crippen LogP contribution in [-0.4, -0.2) is 40.8 Å². The molecule has 3 amide bonds. The number of hydrogen-bond donors (Lipinski definition) is 0. The van der Waals surface area contributed by atoms with E-state index in [9.17, 15) is 22.8 Å². The Kier molecular flexibility index (Phi) is 5.39. The van der Waals surface area contributed by atoms with E-state index in [1.165, 1.54) is 17.0 Å². The molecule has 0 aliphatic carbocycles. The fourth-order valence-electron chi connectivity index (χ4n) is 3.72. The predicted molar refractivity (Wildman–Crippen MR) is 114 cm³/mol. The maximum atomic E-state index is 13.2. The van der Waals surface area contributed by atoms with Gasteiger partial charge in [-0.15, -0.1) is 13.2 Å². The molecule has 1 aliphatic heterocycles. The van der Waals surface area contributed by atoms with Crippen LogP contribution in [-0.2, 0) is 11.3 Å². The van der Waals surface area contributed by atoms with E-state index in [0.29, 0.717) is 17.0 Å². The first-order valence-electron chi connectivity index (χ1n) is 9.96. The van der Waals surface area contributed by atoms with Gasteiger partial charge in [0.15, 0.2) is 0 Å². The molecule has 10 heteroatoms. The van der Waals surface area contributed by atoms with Crippen LogP contribution in [0.1, 0.15) is 19.5 Å². The molecule has 4 rings (SSSR count). The first-order valence-corrected chi connectivity index (χ1v) is 9.96. The second-order valence-corrected chi connectivity index (χ2v) is 7.94. The van der Waals surface area contributed by atoms with Crippen molar-refractivity contribution in [2.45, 2.75) is 32.3 Å². The number of hydrogen-bond acceptors (Lipinski definition) is 5. The number of halogens is 3. The van der Waals surface area contributed by atoms with Crippen LogP contribution in [0, 0.1) is 0 Å². The number of nitrogens with zero attached hydrogens (tertiary/aromatic N) is 3. The van der Waals surface area contributed by atoms with E-state index >= 15 is 0 Å². The van der Waals surface area contributed by atoms with Crippen LogP contribution in [0.25, 0.3) is 10.9 Å². The molecule has 1 fully saturated rings. The average Bonchev–Trinajstić information content (AvgIpc) is 2.92. The third kappa shape index (κ3) is 4.15. The van der Waals surface area contributed by atoms with Gasteiger partial charge in [0.25, 0.3) is 5.91 Å². The zero-order valence-electron chi connectivity index (χ0n) is 18.0. The largest absolute Gasteiger partial charge is 0.573 e. The molecule has 0 radical (unpaired) electrons. The Hall–Kier alpha value is -3.82. The lowest BCUT2D eigenvalue weighted by Crippen LogP contribution is -2.43. The molecular weight excluding hydrogens is 439 g/mol. The molecule has 2 heterocycles. The highest BCUT2D eigenvalue weighted by molar-refractivity contribution is 6.22. The summed E-state index contributed by atoms with van der Waals surface area (Å²) in [6.45, 7) is 3.29. The SMILES string of the molecule is COc1cccc2nc(CN3C(=O)N(c4ccc(OC(F)(F)F)cc4)C(=O)C3(C)C)ccc12. The zero-order chi connectivity index (χ0) is 24.0. The maximum absolute atomic E-state index is 13.2. The van der Waals surface area contributed by atoms with Gasteiger partial charge in [-0.05, 0) is 62.4 Å². The number of imide groups is 1. The third-order valence-electron chi connectivity index (χ3n) is 5.44. The van der Waals surface area contributed by atoms with Gasteiger partial charge in [-0.25, -0.2) is 9.69 Å². The van der Waals surface area contributed by atoms with Crippen molar-refractivity contribution in [2.24, 2.45) is 0 Å². The summed E-state index contributed by atoms with van der Waals surface area (Å²) in [5.74, 6) is -0.278. The molecule has 0 spiro atoms. The van der Waals surface area contributed by atoms with E-state index in [2.05, 4.69) is 9.72 Å². The molecule has 1 aromatic heterocycles. The Labute approximate surface area is 187 Å². The zero-order valence-corrected chi connectivity index (χ0v) is 18.0. The van der Waals surface area contributed by atoms with Crippen LogP contribution < -0.4 is 14.4 Å². The van der Waals surface area contributed by atoms with Gasteiger partial charge in [0.2, 0.25) is 0 Å². The fourth-order valence-corrected chi connectivity index (χ4v) is 3.72. The summed E-state index contributed by atoms with van der Waals surface area (Å²) >= 11 is 0. The molecule has 0 bridgehead atoms. The Balaban J connectivity index is 1.61. The van der Waals surface area contributed by atoms with Crippen molar-refractivity contribution >= 4 is 28.5 Å². The van der Waals surface area contributed by atoms with Crippen molar-refractivity contribution in [3.05, 3.63) is 60.3 Å². The van der Waals surface area contributed by atoms with E-state index in [0.717, 1.165) is 22.4 Å². The summed E-state index contributed by atoms with van der Waals surface area (Å²) < 4.78 is 46.4. The Morgan fingerprint density at radius 2 is 1.70 bits per heavy atom. The summed E-state index contributed by atoms with van der Waals surface area (Å²) in [5.41, 5.74) is 0.204. The molecule has 0 saturated carbocycles. The highest BCUT2D eigenvalue weighted by Crippen LogP contribution is 2.35. The minimum atomic E-state index is -4.84. The maximum Gasteiger partial charge on any atom is 0.573 e. The van der Waals surface area contributed by atoms with Crippen LogP contribution in [0.2, 0.25) is 0 Å². The first-order chi connectivity index (χ1) is 15.5. The molecule has 3 aromatic rings. The fraction of sp³-hybridized carbons (Fsp3) is 0.261. The van der Waals surface area contributed by atoms with Crippen LogP contribution in [0.5, 0.6) is 11.5 Å². The number of alkyl halides is 3. The number of rotatable bonds is 5. The summed E-state index contributed by atoms with van der Waals surface area (Å²) in [6, 6.07) is 13.0. The number of carbonyl (C=O) groups is 2. The Morgan fingerprint density at radius 1 is 1.00 bits per heavy atom. The molecule has 0 unspecified atom stereocenters. The third-order valence-corrected chi connectivity index (χ3v) is 5.44. The number of anilines is 1. The lowest BCUT2D eigenvalue weighted by atomic mass is 10.0. The number of urea groups is 1. The highest BCUT2D eigenvalue weighted by Gasteiger charge is 2.51. The van der Waals surface area contributed by atoms with Crippen molar-refractivity contribution in [3.8, 4) is 11.5 Å². The highest BCUT2D eigenvalue weighted by atomic mass is 19.4. The molecule has 1 saturated heterocycles. The number of aromatic nitrogens is 1. The summed E-state index contributed by atoms with van der Waals surface area (Å²) in [5, 5.41) is 0.814. The standard InChI is InChI=1S/C23H20F3N3O4/c1-22(2)20(30)29(15-8-10-16(11-9-15)33-23(24,25)26)21(31)28(22)13-14-7-12-17-18(27-14)5-4-6-19(17)32-3/h4-12H,13H2,1-3H3. The van der Waals surface area contributed by atoms with Crippen molar-refractivity contribution < 1.29 is 32.2 Å². The Morgan fingerprint density at radius 3 is 2.33 bits per heavy atom. The molecule has 2 aromatic carbocycles. The van der Waals surface area contributed by atoms with Crippen molar-refractivity contribution in [1.29, 1.82) is 0 Å². The van der Waals surface area contributed by atoms with Gasteiger partial charge in [-0.2, -0.15) is 0 Å². The van der Waals surface area contributed by atoms with E-state index in [-0.39, 0.29) is 12.2 Å².